The highest BCUT2D eigenvalue weighted by Gasteiger charge is 2.25. The largest absolute Gasteiger partial charge is 0.476 e. The molecule has 2 aromatic rings. The zero-order valence-corrected chi connectivity index (χ0v) is 11.0. The number of aryl methyl sites for hydroxylation is 2. The predicted octanol–water partition coefficient (Wildman–Crippen LogP) is 2.15. The molecule has 1 heterocycles. The number of carboxylic acids is 1. The van der Waals surface area contributed by atoms with Gasteiger partial charge in [0.05, 0.1) is 11.5 Å². The van der Waals surface area contributed by atoms with Crippen LogP contribution in [0, 0.1) is 24.0 Å². The van der Waals surface area contributed by atoms with E-state index in [4.69, 9.17) is 5.11 Å². The molecule has 0 aliphatic heterocycles. The summed E-state index contributed by atoms with van der Waals surface area (Å²) >= 11 is 0. The third-order valence-electron chi connectivity index (χ3n) is 2.98. The Morgan fingerprint density at radius 2 is 2.15 bits per heavy atom. The summed E-state index contributed by atoms with van der Waals surface area (Å²) in [6, 6.07) is 5.86. The number of nitrogens with zero attached hydrogens (tertiary/aromatic N) is 3. The molecule has 0 radical (unpaired) electrons. The van der Waals surface area contributed by atoms with E-state index in [9.17, 15) is 14.9 Å². The highest BCUT2D eigenvalue weighted by Crippen LogP contribution is 2.19. The minimum Gasteiger partial charge on any atom is -0.476 e. The summed E-state index contributed by atoms with van der Waals surface area (Å²) in [7, 11) is 0. The first-order valence-corrected chi connectivity index (χ1v) is 5.89. The molecule has 0 atom stereocenters. The van der Waals surface area contributed by atoms with Gasteiger partial charge in [-0.25, -0.2) is 4.79 Å². The van der Waals surface area contributed by atoms with Crippen molar-refractivity contribution in [1.29, 1.82) is 0 Å². The molecule has 7 nitrogen and oxygen atoms in total. The summed E-state index contributed by atoms with van der Waals surface area (Å²) in [6.45, 7) is 4.16. The Labute approximate surface area is 114 Å². The Bertz CT molecular complexity index is 659. The van der Waals surface area contributed by atoms with E-state index in [0.717, 1.165) is 22.9 Å². The van der Waals surface area contributed by atoms with Gasteiger partial charge in [-0.3, -0.25) is 14.8 Å². The smallest absolute Gasteiger partial charge is 0.363 e. The second-order valence-electron chi connectivity index (χ2n) is 4.55. The number of hydrogen-bond acceptors (Lipinski definition) is 4. The molecule has 0 spiro atoms. The van der Waals surface area contributed by atoms with Gasteiger partial charge in [0.25, 0.3) is 0 Å². The molecule has 1 N–H and O–H groups in total. The highest BCUT2D eigenvalue weighted by atomic mass is 16.6. The quantitative estimate of drug-likeness (QED) is 0.681. The van der Waals surface area contributed by atoms with Crippen LogP contribution in [0.15, 0.2) is 24.4 Å². The van der Waals surface area contributed by atoms with Gasteiger partial charge in [0, 0.05) is 0 Å². The molecular formula is C13H13N3O4. The van der Waals surface area contributed by atoms with Gasteiger partial charge in [-0.05, 0) is 25.0 Å². The van der Waals surface area contributed by atoms with Crippen LogP contribution >= 0.6 is 0 Å². The van der Waals surface area contributed by atoms with E-state index in [1.54, 1.807) is 0 Å². The van der Waals surface area contributed by atoms with E-state index in [0.29, 0.717) is 6.54 Å². The molecular weight excluding hydrogens is 262 g/mol. The van der Waals surface area contributed by atoms with E-state index in [2.05, 4.69) is 5.10 Å². The Kier molecular flexibility index (Phi) is 3.51. The van der Waals surface area contributed by atoms with Gasteiger partial charge < -0.3 is 5.11 Å². The monoisotopic (exact) mass is 275 g/mol. The lowest BCUT2D eigenvalue weighted by Crippen LogP contribution is -2.05. The van der Waals surface area contributed by atoms with Crippen LogP contribution in [0.2, 0.25) is 0 Å². The molecule has 1 aromatic heterocycles. The number of carboxylic acid groups (broad SMARTS) is 1. The maximum atomic E-state index is 10.9. The van der Waals surface area contributed by atoms with E-state index < -0.39 is 22.3 Å². The van der Waals surface area contributed by atoms with Crippen LogP contribution in [0.25, 0.3) is 0 Å². The van der Waals surface area contributed by atoms with E-state index in [1.807, 2.05) is 32.0 Å². The Balaban J connectivity index is 2.39. The third kappa shape index (κ3) is 2.66. The van der Waals surface area contributed by atoms with Crippen molar-refractivity contribution in [2.75, 3.05) is 0 Å². The van der Waals surface area contributed by atoms with E-state index in [1.165, 1.54) is 4.68 Å². The maximum Gasteiger partial charge on any atom is 0.363 e. The van der Waals surface area contributed by atoms with Crippen molar-refractivity contribution in [3.63, 3.8) is 0 Å². The first-order chi connectivity index (χ1) is 9.38. The fourth-order valence-corrected chi connectivity index (χ4v) is 1.92. The Hall–Kier alpha value is -2.70. The van der Waals surface area contributed by atoms with Gasteiger partial charge in [-0.15, -0.1) is 0 Å². The number of carbonyl (C=O) groups is 1. The summed E-state index contributed by atoms with van der Waals surface area (Å²) in [4.78, 5) is 21.0. The van der Waals surface area contributed by atoms with Crippen molar-refractivity contribution < 1.29 is 14.8 Å². The van der Waals surface area contributed by atoms with Crippen LogP contribution in [0.1, 0.15) is 27.2 Å². The van der Waals surface area contributed by atoms with Crippen LogP contribution in [0.3, 0.4) is 0 Å². The van der Waals surface area contributed by atoms with Crippen LogP contribution < -0.4 is 0 Å². The lowest BCUT2D eigenvalue weighted by Gasteiger charge is -2.06. The number of rotatable bonds is 4. The van der Waals surface area contributed by atoms with E-state index >= 15 is 0 Å². The molecule has 0 saturated heterocycles. The fraction of sp³-hybridized carbons (Fsp3) is 0.231. The van der Waals surface area contributed by atoms with Gasteiger partial charge in [-0.2, -0.15) is 5.10 Å². The number of aromatic nitrogens is 2. The Morgan fingerprint density at radius 3 is 2.70 bits per heavy atom. The molecule has 0 amide bonds. The van der Waals surface area contributed by atoms with Gasteiger partial charge in [0.2, 0.25) is 5.69 Å². The SMILES string of the molecule is Cc1ccc(C)c(Cn2cc([N+](=O)[O-])c(C(=O)O)n2)c1. The normalized spacial score (nSPS) is 10.5. The number of hydrogen-bond donors (Lipinski definition) is 1. The van der Waals surface area contributed by atoms with Crippen LogP contribution in [-0.2, 0) is 6.54 Å². The van der Waals surface area contributed by atoms with Gasteiger partial charge in [0.1, 0.15) is 6.20 Å². The highest BCUT2D eigenvalue weighted by molar-refractivity contribution is 5.89. The van der Waals surface area contributed by atoms with Crippen molar-refractivity contribution >= 4 is 11.7 Å². The van der Waals surface area contributed by atoms with Crippen molar-refractivity contribution in [2.45, 2.75) is 20.4 Å². The summed E-state index contributed by atoms with van der Waals surface area (Å²) in [5.74, 6) is -1.41. The minimum atomic E-state index is -1.41. The maximum absolute atomic E-state index is 10.9. The average Bonchev–Trinajstić information content (AvgIpc) is 2.78. The number of aromatic carboxylic acids is 1. The molecule has 20 heavy (non-hydrogen) atoms. The lowest BCUT2D eigenvalue weighted by atomic mass is 10.1. The van der Waals surface area contributed by atoms with Crippen molar-refractivity contribution in [3.8, 4) is 0 Å². The first kappa shape index (κ1) is 13.7. The molecule has 7 heteroatoms. The summed E-state index contributed by atoms with van der Waals surface area (Å²) < 4.78 is 1.28. The lowest BCUT2D eigenvalue weighted by molar-refractivity contribution is -0.385. The van der Waals surface area contributed by atoms with Crippen LogP contribution in [0.5, 0.6) is 0 Å². The molecule has 0 unspecified atom stereocenters. The summed E-state index contributed by atoms with van der Waals surface area (Å²) in [5.41, 5.74) is 1.98. The van der Waals surface area contributed by atoms with Crippen molar-refractivity contribution in [1.82, 2.24) is 9.78 Å². The standard InChI is InChI=1S/C13H13N3O4/c1-8-3-4-9(2)10(5-8)6-15-7-11(16(19)20)12(14-15)13(17)18/h3-5,7H,6H2,1-2H3,(H,17,18). The summed E-state index contributed by atoms with van der Waals surface area (Å²) in [6.07, 6.45) is 1.14. The van der Waals surface area contributed by atoms with Crippen molar-refractivity contribution in [2.24, 2.45) is 0 Å². The van der Waals surface area contributed by atoms with E-state index in [-0.39, 0.29) is 0 Å². The molecule has 0 bridgehead atoms. The molecule has 0 aliphatic carbocycles. The van der Waals surface area contributed by atoms with Gasteiger partial charge in [-0.1, -0.05) is 23.8 Å². The van der Waals surface area contributed by atoms with Crippen molar-refractivity contribution in [3.05, 3.63) is 56.9 Å². The van der Waals surface area contributed by atoms with Crippen LogP contribution in [0.4, 0.5) is 5.69 Å². The molecule has 104 valence electrons. The van der Waals surface area contributed by atoms with Crippen LogP contribution in [-0.4, -0.2) is 25.8 Å². The number of benzene rings is 1. The fourth-order valence-electron chi connectivity index (χ4n) is 1.92. The Morgan fingerprint density at radius 1 is 1.45 bits per heavy atom. The third-order valence-corrected chi connectivity index (χ3v) is 2.98. The van der Waals surface area contributed by atoms with Gasteiger partial charge >= 0.3 is 11.7 Å². The predicted molar refractivity (Wildman–Crippen MR) is 70.9 cm³/mol. The first-order valence-electron chi connectivity index (χ1n) is 5.89. The second kappa shape index (κ2) is 5.12. The van der Waals surface area contributed by atoms with Gasteiger partial charge in [0.15, 0.2) is 0 Å². The molecule has 1 aromatic carbocycles. The molecule has 0 aliphatic rings. The zero-order chi connectivity index (χ0) is 14.9. The average molecular weight is 275 g/mol. The zero-order valence-electron chi connectivity index (χ0n) is 11.0. The second-order valence-corrected chi connectivity index (χ2v) is 4.55. The molecule has 0 fully saturated rings. The topological polar surface area (TPSA) is 98.3 Å². The molecule has 0 saturated carbocycles. The molecule has 2 rings (SSSR count). The minimum absolute atomic E-state index is 0.293. The number of nitro groups is 1. The summed E-state index contributed by atoms with van der Waals surface area (Å²) in [5, 5.41) is 23.5.